The maximum absolute atomic E-state index is 10.5. The second-order valence-electron chi connectivity index (χ2n) is 9.51. The van der Waals surface area contributed by atoms with Gasteiger partial charge in [0, 0.05) is 18.2 Å². The number of nitrogens with zero attached hydrogens (tertiary/aromatic N) is 1. The van der Waals surface area contributed by atoms with Crippen LogP contribution in [0, 0.1) is 5.92 Å². The van der Waals surface area contributed by atoms with Crippen molar-refractivity contribution in [3.05, 3.63) is 53.7 Å². The van der Waals surface area contributed by atoms with Gasteiger partial charge in [0.05, 0.1) is 5.69 Å². The van der Waals surface area contributed by atoms with E-state index in [4.69, 9.17) is 4.98 Å². The number of aldehydes is 1. The number of unbranched alkanes of at least 4 members (excludes halogenated alkanes) is 6. The Hall–Kier alpha value is -1.96. The van der Waals surface area contributed by atoms with E-state index in [0.717, 1.165) is 37.2 Å². The first-order valence-corrected chi connectivity index (χ1v) is 12.8. The van der Waals surface area contributed by atoms with Gasteiger partial charge in [-0.25, -0.2) is 0 Å². The van der Waals surface area contributed by atoms with E-state index in [0.29, 0.717) is 5.92 Å². The van der Waals surface area contributed by atoms with Gasteiger partial charge in [-0.1, -0.05) is 75.8 Å². The van der Waals surface area contributed by atoms with Crippen LogP contribution in [-0.4, -0.2) is 11.3 Å². The number of pyridine rings is 1. The zero-order chi connectivity index (χ0) is 21.7. The molecule has 0 bridgehead atoms. The summed E-state index contributed by atoms with van der Waals surface area (Å²) in [5.74, 6) is 1.53. The lowest BCUT2D eigenvalue weighted by atomic mass is 9.77. The Balaban J connectivity index is 1.44. The van der Waals surface area contributed by atoms with Crippen LogP contribution >= 0.6 is 0 Å². The van der Waals surface area contributed by atoms with Gasteiger partial charge >= 0.3 is 0 Å². The van der Waals surface area contributed by atoms with Gasteiger partial charge in [-0.05, 0) is 74.0 Å². The third-order valence-electron chi connectivity index (χ3n) is 7.10. The fraction of sp³-hybridized carbons (Fsp3) is 0.586. The Morgan fingerprint density at radius 2 is 1.61 bits per heavy atom. The fourth-order valence-corrected chi connectivity index (χ4v) is 5.05. The lowest BCUT2D eigenvalue weighted by Gasteiger charge is -2.28. The molecule has 0 radical (unpaired) electrons. The number of hydrogen-bond acceptors (Lipinski definition) is 2. The number of carbonyl (C=O) groups is 1. The lowest BCUT2D eigenvalue weighted by Crippen LogP contribution is -2.13. The Morgan fingerprint density at radius 1 is 0.871 bits per heavy atom. The predicted molar refractivity (Wildman–Crippen MR) is 131 cm³/mol. The molecule has 1 aliphatic carbocycles. The topological polar surface area (TPSA) is 30.0 Å². The number of aryl methyl sites for hydroxylation is 1. The van der Waals surface area contributed by atoms with Gasteiger partial charge in [-0.3, -0.25) is 4.98 Å². The smallest absolute Gasteiger partial charge is 0.119 e. The van der Waals surface area contributed by atoms with Crippen molar-refractivity contribution < 1.29 is 4.79 Å². The molecule has 1 aromatic carbocycles. The maximum atomic E-state index is 10.5. The van der Waals surface area contributed by atoms with E-state index in [1.165, 1.54) is 87.3 Å². The van der Waals surface area contributed by atoms with Crippen molar-refractivity contribution in [1.29, 1.82) is 0 Å². The highest BCUT2D eigenvalue weighted by Crippen LogP contribution is 2.38. The molecule has 168 valence electrons. The molecule has 0 atom stereocenters. The molecule has 1 saturated carbocycles. The molecule has 2 aromatic rings. The summed E-state index contributed by atoms with van der Waals surface area (Å²) in [5, 5.41) is 0. The highest BCUT2D eigenvalue weighted by Gasteiger charge is 2.22. The summed E-state index contributed by atoms with van der Waals surface area (Å²) >= 11 is 0. The number of carbonyl (C=O) groups excluding carboxylic acids is 1. The third-order valence-corrected chi connectivity index (χ3v) is 7.10. The molecule has 0 spiro atoms. The minimum atomic E-state index is 0.698. The van der Waals surface area contributed by atoms with E-state index in [2.05, 4.69) is 49.5 Å². The number of hydrogen-bond donors (Lipinski definition) is 0. The molecule has 0 saturated heterocycles. The summed E-state index contributed by atoms with van der Waals surface area (Å²) in [6.07, 6.45) is 20.6. The van der Waals surface area contributed by atoms with Crippen molar-refractivity contribution in [2.45, 2.75) is 103 Å². The average Bonchev–Trinajstić information content (AvgIpc) is 2.82. The number of rotatable bonds is 13. The second kappa shape index (κ2) is 13.5. The monoisotopic (exact) mass is 419 g/mol. The van der Waals surface area contributed by atoms with Gasteiger partial charge < -0.3 is 4.79 Å². The van der Waals surface area contributed by atoms with E-state index in [1.807, 2.05) is 0 Å². The van der Waals surface area contributed by atoms with Crippen LogP contribution < -0.4 is 0 Å². The summed E-state index contributed by atoms with van der Waals surface area (Å²) in [4.78, 5) is 15.2. The molecular weight excluding hydrogens is 378 g/mol. The normalized spacial score (nSPS) is 18.7. The minimum Gasteiger partial charge on any atom is -0.303 e. The number of benzene rings is 1. The van der Waals surface area contributed by atoms with Crippen LogP contribution in [0.25, 0.3) is 11.3 Å². The van der Waals surface area contributed by atoms with E-state index >= 15 is 0 Å². The Kier molecular flexibility index (Phi) is 10.3. The van der Waals surface area contributed by atoms with Crippen LogP contribution in [0.2, 0.25) is 0 Å². The summed E-state index contributed by atoms with van der Waals surface area (Å²) < 4.78 is 0. The Morgan fingerprint density at radius 3 is 2.29 bits per heavy atom. The molecule has 2 nitrogen and oxygen atoms in total. The standard InChI is InChI=1S/C29H41NO/c1-2-3-4-5-6-7-11-25-14-21-29(30-23-25)28-19-17-27(18-20-28)26-15-12-24(13-16-26)10-8-9-22-31/h14,17-24,26H,2-13,15-16H2,1H3/t24-,26-. The first-order valence-electron chi connectivity index (χ1n) is 12.8. The third kappa shape index (κ3) is 7.91. The minimum absolute atomic E-state index is 0.698. The highest BCUT2D eigenvalue weighted by molar-refractivity contribution is 5.59. The first kappa shape index (κ1) is 23.7. The molecule has 1 aliphatic rings. The molecule has 3 rings (SSSR count). The second-order valence-corrected chi connectivity index (χ2v) is 9.51. The van der Waals surface area contributed by atoms with Crippen LogP contribution in [0.1, 0.15) is 107 Å². The van der Waals surface area contributed by atoms with E-state index in [9.17, 15) is 4.79 Å². The molecule has 1 fully saturated rings. The SMILES string of the molecule is CCCCCCCCc1ccc(-c2ccc([C@H]3CC[C@H](CCCC=O)CC3)cc2)nc1. The van der Waals surface area contributed by atoms with Crippen LogP contribution in [-0.2, 0) is 11.2 Å². The summed E-state index contributed by atoms with van der Waals surface area (Å²) in [6, 6.07) is 13.6. The highest BCUT2D eigenvalue weighted by atomic mass is 16.1. The Bertz CT molecular complexity index is 741. The van der Waals surface area contributed by atoms with Crippen molar-refractivity contribution in [3.63, 3.8) is 0 Å². The first-order chi connectivity index (χ1) is 15.3. The summed E-state index contributed by atoms with van der Waals surface area (Å²) in [6.45, 7) is 2.27. The van der Waals surface area contributed by atoms with Gasteiger partial charge in [0.15, 0.2) is 0 Å². The molecule has 1 aromatic heterocycles. The maximum Gasteiger partial charge on any atom is 0.119 e. The van der Waals surface area contributed by atoms with Crippen molar-refractivity contribution in [2.75, 3.05) is 0 Å². The van der Waals surface area contributed by atoms with E-state index in [-0.39, 0.29) is 0 Å². The van der Waals surface area contributed by atoms with Crippen LogP contribution in [0.15, 0.2) is 42.6 Å². The van der Waals surface area contributed by atoms with Crippen LogP contribution in [0.4, 0.5) is 0 Å². The van der Waals surface area contributed by atoms with Crippen LogP contribution in [0.3, 0.4) is 0 Å². The van der Waals surface area contributed by atoms with Gasteiger partial charge in [0.2, 0.25) is 0 Å². The lowest BCUT2D eigenvalue weighted by molar-refractivity contribution is -0.108. The molecular formula is C29H41NO. The van der Waals surface area contributed by atoms with Gasteiger partial charge in [-0.2, -0.15) is 0 Å². The largest absolute Gasteiger partial charge is 0.303 e. The number of aromatic nitrogens is 1. The molecule has 0 N–H and O–H groups in total. The summed E-state index contributed by atoms with van der Waals surface area (Å²) in [5.41, 5.74) is 5.14. The molecule has 1 heterocycles. The zero-order valence-electron chi connectivity index (χ0n) is 19.5. The molecule has 0 aliphatic heterocycles. The van der Waals surface area contributed by atoms with E-state index < -0.39 is 0 Å². The molecule has 2 heteroatoms. The van der Waals surface area contributed by atoms with Gasteiger partial charge in [-0.15, -0.1) is 0 Å². The van der Waals surface area contributed by atoms with Crippen molar-refractivity contribution >= 4 is 6.29 Å². The van der Waals surface area contributed by atoms with Crippen molar-refractivity contribution in [3.8, 4) is 11.3 Å². The van der Waals surface area contributed by atoms with Crippen LogP contribution in [0.5, 0.6) is 0 Å². The average molecular weight is 420 g/mol. The van der Waals surface area contributed by atoms with Gasteiger partial charge in [0.25, 0.3) is 0 Å². The van der Waals surface area contributed by atoms with Crippen molar-refractivity contribution in [1.82, 2.24) is 4.98 Å². The molecule has 31 heavy (non-hydrogen) atoms. The Labute approximate surface area is 189 Å². The van der Waals surface area contributed by atoms with E-state index in [1.54, 1.807) is 0 Å². The molecule has 0 unspecified atom stereocenters. The zero-order valence-corrected chi connectivity index (χ0v) is 19.5. The van der Waals surface area contributed by atoms with Crippen molar-refractivity contribution in [2.24, 2.45) is 5.92 Å². The predicted octanol–water partition coefficient (Wildman–Crippen LogP) is 8.29. The fourth-order valence-electron chi connectivity index (χ4n) is 5.05. The molecule has 0 amide bonds. The quantitative estimate of drug-likeness (QED) is 0.241. The van der Waals surface area contributed by atoms with Gasteiger partial charge in [0.1, 0.15) is 6.29 Å². The summed E-state index contributed by atoms with van der Waals surface area (Å²) in [7, 11) is 0.